The molecule has 516 valence electrons. The summed E-state index contributed by atoms with van der Waals surface area (Å²) in [6.07, 6.45) is 18.9. The summed E-state index contributed by atoms with van der Waals surface area (Å²) < 4.78 is 59.8. The molecule has 0 amide bonds. The Morgan fingerprint density at radius 1 is 0.245 bits per heavy atom. The van der Waals surface area contributed by atoms with Crippen LogP contribution in [0.5, 0.6) is 93.0 Å². The summed E-state index contributed by atoms with van der Waals surface area (Å²) in [6, 6.07) is 46.5. The van der Waals surface area contributed by atoms with Crippen LogP contribution < -0.4 is 37.9 Å². The van der Waals surface area contributed by atoms with E-state index in [-0.39, 0.29) is 77.3 Å². The van der Waals surface area contributed by atoms with Gasteiger partial charge in [0.25, 0.3) is 47.0 Å². The highest BCUT2D eigenvalue weighted by atomic mass is 16.6. The highest BCUT2D eigenvalue weighted by molar-refractivity contribution is 5.80. The van der Waals surface area contributed by atoms with E-state index in [4.69, 9.17) is 77.8 Å². The van der Waals surface area contributed by atoms with Crippen molar-refractivity contribution < 1.29 is 43.0 Å². The second-order valence-corrected chi connectivity index (χ2v) is 27.9. The molecule has 0 spiro atoms. The van der Waals surface area contributed by atoms with Crippen LogP contribution in [0.1, 0.15) is 230 Å². The van der Waals surface area contributed by atoms with Gasteiger partial charge in [0.1, 0.15) is 46.0 Å². The number of hydrogen-bond acceptors (Lipinski definition) is 17. The van der Waals surface area contributed by atoms with Crippen molar-refractivity contribution in [3.8, 4) is 93.0 Å². The van der Waals surface area contributed by atoms with Crippen molar-refractivity contribution in [2.75, 3.05) is 0 Å². The maximum atomic E-state index is 10.5. The van der Waals surface area contributed by atoms with Crippen LogP contribution in [0.25, 0.3) is 44.1 Å². The summed E-state index contributed by atoms with van der Waals surface area (Å²) in [5, 5.41) is 10.5. The molecule has 1 aliphatic carbocycles. The molecule has 17 heteroatoms. The summed E-state index contributed by atoms with van der Waals surface area (Å²) in [4.78, 5) is 42.2. The number of para-hydroxylation sites is 6. The lowest BCUT2D eigenvalue weighted by atomic mass is 9.76. The molecule has 0 unspecified atom stereocenters. The van der Waals surface area contributed by atoms with Crippen molar-refractivity contribution in [1.29, 1.82) is 0 Å². The number of unbranched alkanes of at least 4 members (excludes halogenated alkanes) is 12. The molecular formula is C85H82N8O9. The smallest absolute Gasteiger partial charge is 0.284 e. The third-order valence-corrected chi connectivity index (χ3v) is 21.0. The van der Waals surface area contributed by atoms with Crippen LogP contribution in [-0.2, 0) is 6.61 Å². The minimum atomic E-state index is -0.381. The predicted molar refractivity (Wildman–Crippen MR) is 393 cm³/mol. The van der Waals surface area contributed by atoms with Gasteiger partial charge < -0.3 is 43.0 Å². The van der Waals surface area contributed by atoms with Gasteiger partial charge in [-0.15, -0.1) is 0 Å². The van der Waals surface area contributed by atoms with Crippen molar-refractivity contribution in [3.05, 3.63) is 190 Å². The molecule has 17 nitrogen and oxygen atoms in total. The fourth-order valence-corrected chi connectivity index (χ4v) is 15.7. The number of aromatic nitrogens is 8. The Kier molecular flexibility index (Phi) is 17.9. The minimum absolute atomic E-state index is 0.123. The standard InChI is InChI=1S/C85H82N8O9/c1-5-9-13-17-27-50-54-40-56-51(28-18-14-10-6-2)58-42-60-53(30-20-16-12-8-4)61-43-59-52(29-19-15-11-7-3)57-41-55(50)71-45-73(57)98-82-83(91-67-36-26-25-35-66(67)90-82)100-75(59)47-77(61)102-85-84(92-68-38-37-49(48-94)39-69(68)93-85)101-76(60)46-74(58)99-81-80(88-64-33-23-24-34-65(64)89-81)97-72(56)44-70(54)95-78-79(96-71)87-63-32-22-21-31-62(63)86-78/h21-26,31-47,50-53,94H,5-20,27-30,48H2,1-4H3/t50-,51+,52-,53+/m1/s1. The zero-order valence-electron chi connectivity index (χ0n) is 58.2. The first kappa shape index (κ1) is 64.8. The highest BCUT2D eigenvalue weighted by Gasteiger charge is 2.40. The molecule has 102 heavy (non-hydrogen) atoms. The molecular weight excluding hydrogens is 1280 g/mol. The number of rotatable bonds is 21. The normalized spacial score (nSPS) is 16.4. The van der Waals surface area contributed by atoms with Crippen LogP contribution in [0.15, 0.2) is 140 Å². The molecule has 8 bridgehead atoms. The SMILES string of the molecule is CCCCCC[C@H]1c2cc3c4cc2Oc2nc5ccccc5nc2Oc2cc5c(cc21)[C@H](CCCCCC)c1cc2c(cc1Oc1nc6ccccc6nc1O5)Oc1nc5ccc(CO)cc5nc1Oc1cc(c(cc1[C@H]2CCCCCC)[C@@H]3CCCCCC)Oc1nc2ccccc2nc1O4. The van der Waals surface area contributed by atoms with E-state index in [0.717, 1.165) is 160 Å². The van der Waals surface area contributed by atoms with Gasteiger partial charge in [-0.05, 0) is 104 Å². The fraction of sp³-hybridized carbons (Fsp3) is 0.341. The van der Waals surface area contributed by atoms with Gasteiger partial charge in [-0.3, -0.25) is 0 Å². The highest BCUT2D eigenvalue weighted by Crippen LogP contribution is 2.59. The van der Waals surface area contributed by atoms with Crippen LogP contribution in [0.3, 0.4) is 0 Å². The molecule has 0 saturated carbocycles. The second-order valence-electron chi connectivity index (χ2n) is 27.9. The lowest BCUT2D eigenvalue weighted by Crippen LogP contribution is -2.13. The van der Waals surface area contributed by atoms with Crippen LogP contribution >= 0.6 is 0 Å². The topological polar surface area (TPSA) is 197 Å². The van der Waals surface area contributed by atoms with Crippen LogP contribution in [0, 0.1) is 0 Å². The van der Waals surface area contributed by atoms with Gasteiger partial charge in [-0.1, -0.05) is 173 Å². The quantitative estimate of drug-likeness (QED) is 0.0666. The molecule has 12 aromatic rings. The molecule has 8 heterocycles. The Morgan fingerprint density at radius 3 is 0.676 bits per heavy atom. The maximum Gasteiger partial charge on any atom is 0.284 e. The molecule has 17 rings (SSSR count). The first-order valence-electron chi connectivity index (χ1n) is 37.1. The Morgan fingerprint density at radius 2 is 0.461 bits per heavy atom. The van der Waals surface area contributed by atoms with Crippen molar-refractivity contribution in [1.82, 2.24) is 39.9 Å². The van der Waals surface area contributed by atoms with Crippen LogP contribution in [0.2, 0.25) is 0 Å². The van der Waals surface area contributed by atoms with E-state index in [1.165, 1.54) is 0 Å². The summed E-state index contributed by atoms with van der Waals surface area (Å²) in [6.45, 7) is 8.83. The zero-order valence-corrected chi connectivity index (χ0v) is 58.2. The van der Waals surface area contributed by atoms with Crippen molar-refractivity contribution in [3.63, 3.8) is 0 Å². The second kappa shape index (κ2) is 28.1. The van der Waals surface area contributed by atoms with Gasteiger partial charge in [0, 0.05) is 92.4 Å². The average Bonchev–Trinajstić information content (AvgIpc) is 1.50. The lowest BCUT2D eigenvalue weighted by Gasteiger charge is -2.30. The van der Waals surface area contributed by atoms with E-state index in [1.54, 1.807) is 0 Å². The Labute approximate surface area is 593 Å². The van der Waals surface area contributed by atoms with E-state index < -0.39 is 0 Å². The number of aliphatic hydroxyl groups is 1. The van der Waals surface area contributed by atoms with E-state index in [1.807, 2.05) is 103 Å². The molecule has 0 saturated heterocycles. The van der Waals surface area contributed by atoms with Gasteiger partial charge in [0.2, 0.25) is 0 Å². The zero-order chi connectivity index (χ0) is 68.8. The number of benzene rings is 8. The Hall–Kier alpha value is -10.5. The van der Waals surface area contributed by atoms with Gasteiger partial charge in [0.05, 0.1) is 50.7 Å². The summed E-state index contributed by atoms with van der Waals surface area (Å²) in [5.74, 6) is 4.05. The molecule has 0 fully saturated rings. The monoisotopic (exact) mass is 1360 g/mol. The molecule has 8 aromatic carbocycles. The van der Waals surface area contributed by atoms with Gasteiger partial charge in [-0.2, -0.15) is 0 Å². The molecule has 5 aliphatic rings. The third-order valence-electron chi connectivity index (χ3n) is 21.0. The molecule has 4 aromatic heterocycles. The maximum absolute atomic E-state index is 10.5. The number of fused-ring (bicyclic) bond motifs is 8. The van der Waals surface area contributed by atoms with Gasteiger partial charge >= 0.3 is 0 Å². The van der Waals surface area contributed by atoms with Crippen molar-refractivity contribution in [2.24, 2.45) is 0 Å². The largest absolute Gasteiger partial charge is 0.434 e. The number of hydrogen-bond donors (Lipinski definition) is 1. The lowest BCUT2D eigenvalue weighted by molar-refractivity contribution is 0.282. The number of nitrogens with zero attached hydrogens (tertiary/aromatic N) is 8. The summed E-state index contributed by atoms with van der Waals surface area (Å²) >= 11 is 0. The number of aliphatic hydroxyl groups excluding tert-OH is 1. The van der Waals surface area contributed by atoms with Crippen LogP contribution in [-0.4, -0.2) is 45.0 Å². The summed E-state index contributed by atoms with van der Waals surface area (Å²) in [5.41, 5.74) is 13.0. The predicted octanol–water partition coefficient (Wildman–Crippen LogP) is 23.3. The molecule has 0 radical (unpaired) electrons. The molecule has 1 N–H and O–H groups in total. The first-order valence-corrected chi connectivity index (χ1v) is 37.1. The van der Waals surface area contributed by atoms with Crippen molar-refractivity contribution in [2.45, 2.75) is 186 Å². The van der Waals surface area contributed by atoms with Crippen molar-refractivity contribution >= 4 is 44.1 Å². The van der Waals surface area contributed by atoms with Gasteiger partial charge in [-0.25, -0.2) is 39.9 Å². The summed E-state index contributed by atoms with van der Waals surface area (Å²) in [7, 11) is 0. The molecule has 4 aliphatic heterocycles. The number of ether oxygens (including phenoxy) is 8. The van der Waals surface area contributed by atoms with Crippen LogP contribution in [0.4, 0.5) is 0 Å². The third kappa shape index (κ3) is 12.4. The Bertz CT molecular complexity index is 5200. The van der Waals surface area contributed by atoms with E-state index >= 15 is 0 Å². The minimum Gasteiger partial charge on any atom is -0.434 e. The Balaban J connectivity index is 1.05. The van der Waals surface area contributed by atoms with E-state index in [0.29, 0.717) is 109 Å². The fourth-order valence-electron chi connectivity index (χ4n) is 15.7. The average molecular weight is 1360 g/mol. The van der Waals surface area contributed by atoms with E-state index in [2.05, 4.69) is 64.1 Å². The van der Waals surface area contributed by atoms with Gasteiger partial charge in [0.15, 0.2) is 0 Å². The molecule has 4 atom stereocenters. The van der Waals surface area contributed by atoms with E-state index in [9.17, 15) is 5.11 Å². The first-order chi connectivity index (χ1) is 50.3.